The molecule has 2 N–H and O–H groups in total. The van der Waals surface area contributed by atoms with Crippen LogP contribution in [0.1, 0.15) is 33.1 Å². The van der Waals surface area contributed by atoms with Crippen LogP contribution < -0.4 is 10.6 Å². The van der Waals surface area contributed by atoms with E-state index in [0.717, 1.165) is 45.6 Å². The highest BCUT2D eigenvalue weighted by molar-refractivity contribution is 5.78. The van der Waals surface area contributed by atoms with Crippen LogP contribution in [0.5, 0.6) is 0 Å². The largest absolute Gasteiger partial charge is 0.382 e. The number of nitrogens with one attached hydrogen (secondary N) is 2. The summed E-state index contributed by atoms with van der Waals surface area (Å²) in [5.74, 6) is 0.410. The molecule has 4 nitrogen and oxygen atoms in total. The van der Waals surface area contributed by atoms with Crippen molar-refractivity contribution in [1.82, 2.24) is 10.6 Å². The lowest BCUT2D eigenvalue weighted by Crippen LogP contribution is -2.42. The molecule has 0 spiro atoms. The fraction of sp³-hybridized carbons (Fsp3) is 0.917. The molecule has 0 radical (unpaired) electrons. The molecule has 0 unspecified atom stereocenters. The van der Waals surface area contributed by atoms with Crippen LogP contribution in [0.3, 0.4) is 0 Å². The van der Waals surface area contributed by atoms with Crippen molar-refractivity contribution in [3.8, 4) is 0 Å². The van der Waals surface area contributed by atoms with Gasteiger partial charge in [-0.05, 0) is 39.7 Å². The Bertz CT molecular complexity index is 209. The van der Waals surface area contributed by atoms with Gasteiger partial charge < -0.3 is 15.4 Å². The predicted octanol–water partition coefficient (Wildman–Crippen LogP) is 0.917. The summed E-state index contributed by atoms with van der Waals surface area (Å²) >= 11 is 0. The minimum atomic E-state index is 0.198. The van der Waals surface area contributed by atoms with E-state index in [0.29, 0.717) is 6.04 Å². The summed E-state index contributed by atoms with van der Waals surface area (Å²) in [4.78, 5) is 11.8. The summed E-state index contributed by atoms with van der Waals surface area (Å²) in [5.41, 5.74) is 0. The number of carbonyl (C=O) groups excluding carboxylic acids is 1. The Morgan fingerprint density at radius 3 is 3.06 bits per heavy atom. The fourth-order valence-electron chi connectivity index (χ4n) is 2.04. The van der Waals surface area contributed by atoms with E-state index in [9.17, 15) is 4.79 Å². The number of hydrogen-bond acceptors (Lipinski definition) is 3. The van der Waals surface area contributed by atoms with Gasteiger partial charge in [0.2, 0.25) is 5.91 Å². The Morgan fingerprint density at radius 2 is 2.38 bits per heavy atom. The highest BCUT2D eigenvalue weighted by Crippen LogP contribution is 2.15. The molecular weight excluding hydrogens is 204 g/mol. The molecule has 0 bridgehead atoms. The number of amides is 1. The van der Waals surface area contributed by atoms with Gasteiger partial charge in [0.05, 0.1) is 0 Å². The molecule has 1 saturated heterocycles. The van der Waals surface area contributed by atoms with E-state index in [1.54, 1.807) is 0 Å². The van der Waals surface area contributed by atoms with Crippen molar-refractivity contribution in [2.75, 3.05) is 26.3 Å². The van der Waals surface area contributed by atoms with Gasteiger partial charge in [-0.25, -0.2) is 0 Å². The molecule has 2 atom stereocenters. The van der Waals surface area contributed by atoms with E-state index in [4.69, 9.17) is 4.74 Å². The van der Waals surface area contributed by atoms with Crippen molar-refractivity contribution < 1.29 is 9.53 Å². The maximum Gasteiger partial charge on any atom is 0.223 e. The molecule has 1 aliphatic rings. The van der Waals surface area contributed by atoms with Crippen LogP contribution in [0, 0.1) is 5.92 Å². The van der Waals surface area contributed by atoms with Crippen molar-refractivity contribution in [1.29, 1.82) is 0 Å². The van der Waals surface area contributed by atoms with Crippen LogP contribution in [-0.4, -0.2) is 38.3 Å². The zero-order valence-electron chi connectivity index (χ0n) is 10.4. The summed E-state index contributed by atoms with van der Waals surface area (Å²) in [6.07, 6.45) is 2.82. The third-order valence-corrected chi connectivity index (χ3v) is 2.96. The predicted molar refractivity (Wildman–Crippen MR) is 64.3 cm³/mol. The van der Waals surface area contributed by atoms with Gasteiger partial charge in [0.25, 0.3) is 0 Å². The van der Waals surface area contributed by atoms with Crippen molar-refractivity contribution in [3.05, 3.63) is 0 Å². The maximum atomic E-state index is 11.8. The molecular formula is C12H24N2O2. The molecule has 0 aromatic rings. The summed E-state index contributed by atoms with van der Waals surface area (Å²) in [7, 11) is 0. The first kappa shape index (κ1) is 13.5. The lowest BCUT2D eigenvalue weighted by atomic mass is 9.92. The number of carbonyl (C=O) groups is 1. The molecule has 94 valence electrons. The van der Waals surface area contributed by atoms with E-state index >= 15 is 0 Å². The molecule has 0 aromatic heterocycles. The maximum absolute atomic E-state index is 11.8. The average Bonchev–Trinajstić information content (AvgIpc) is 2.28. The van der Waals surface area contributed by atoms with Gasteiger partial charge in [0.1, 0.15) is 0 Å². The number of ether oxygens (including phenoxy) is 1. The second-order valence-electron chi connectivity index (χ2n) is 4.42. The Labute approximate surface area is 98.1 Å². The lowest BCUT2D eigenvalue weighted by Gasteiger charge is -2.27. The van der Waals surface area contributed by atoms with E-state index in [1.807, 2.05) is 6.92 Å². The first-order valence-corrected chi connectivity index (χ1v) is 6.33. The Kier molecular flexibility index (Phi) is 6.42. The SMILES string of the molecule is CCOCCCNC(=O)[C@H]1CCN[C@@H](C)C1. The minimum absolute atomic E-state index is 0.198. The average molecular weight is 228 g/mol. The van der Waals surface area contributed by atoms with Crippen LogP contribution in [0.4, 0.5) is 0 Å². The van der Waals surface area contributed by atoms with Crippen molar-refractivity contribution >= 4 is 5.91 Å². The molecule has 1 fully saturated rings. The Morgan fingerprint density at radius 1 is 1.56 bits per heavy atom. The summed E-state index contributed by atoms with van der Waals surface area (Å²) in [6.45, 7) is 7.29. The topological polar surface area (TPSA) is 50.4 Å². The summed E-state index contributed by atoms with van der Waals surface area (Å²) < 4.78 is 5.22. The Balaban J connectivity index is 2.09. The summed E-state index contributed by atoms with van der Waals surface area (Å²) in [6, 6.07) is 0.466. The van der Waals surface area contributed by atoms with Gasteiger partial charge in [0, 0.05) is 31.7 Å². The van der Waals surface area contributed by atoms with Crippen LogP contribution in [0.2, 0.25) is 0 Å². The van der Waals surface area contributed by atoms with Gasteiger partial charge in [-0.2, -0.15) is 0 Å². The number of piperidine rings is 1. The molecule has 0 aromatic carbocycles. The van der Waals surface area contributed by atoms with Crippen LogP contribution in [0.25, 0.3) is 0 Å². The second-order valence-corrected chi connectivity index (χ2v) is 4.42. The van der Waals surface area contributed by atoms with Crippen molar-refractivity contribution in [2.45, 2.75) is 39.2 Å². The van der Waals surface area contributed by atoms with Gasteiger partial charge >= 0.3 is 0 Å². The molecule has 0 saturated carbocycles. The molecule has 0 aliphatic carbocycles. The zero-order valence-corrected chi connectivity index (χ0v) is 10.4. The molecule has 1 aliphatic heterocycles. The quantitative estimate of drug-likeness (QED) is 0.665. The number of hydrogen-bond donors (Lipinski definition) is 2. The van der Waals surface area contributed by atoms with E-state index in [2.05, 4.69) is 17.6 Å². The first-order chi connectivity index (χ1) is 7.74. The molecule has 1 amide bonds. The second kappa shape index (κ2) is 7.63. The number of rotatable bonds is 6. The molecule has 1 rings (SSSR count). The van der Waals surface area contributed by atoms with Gasteiger partial charge in [-0.3, -0.25) is 4.79 Å². The first-order valence-electron chi connectivity index (χ1n) is 6.33. The van der Waals surface area contributed by atoms with E-state index in [-0.39, 0.29) is 11.8 Å². The smallest absolute Gasteiger partial charge is 0.223 e. The van der Waals surface area contributed by atoms with Crippen LogP contribution in [0.15, 0.2) is 0 Å². The third-order valence-electron chi connectivity index (χ3n) is 2.96. The highest BCUT2D eigenvalue weighted by Gasteiger charge is 2.23. The monoisotopic (exact) mass is 228 g/mol. The van der Waals surface area contributed by atoms with E-state index in [1.165, 1.54) is 0 Å². The van der Waals surface area contributed by atoms with Gasteiger partial charge in [-0.1, -0.05) is 0 Å². The van der Waals surface area contributed by atoms with Gasteiger partial charge in [0.15, 0.2) is 0 Å². The minimum Gasteiger partial charge on any atom is -0.382 e. The molecule has 4 heteroatoms. The van der Waals surface area contributed by atoms with Crippen molar-refractivity contribution in [3.63, 3.8) is 0 Å². The summed E-state index contributed by atoms with van der Waals surface area (Å²) in [5, 5.41) is 6.34. The standard InChI is InChI=1S/C12H24N2O2/c1-3-16-8-4-6-14-12(15)11-5-7-13-10(2)9-11/h10-11,13H,3-9H2,1-2H3,(H,14,15)/t10-,11-/m0/s1. The highest BCUT2D eigenvalue weighted by atomic mass is 16.5. The third kappa shape index (κ3) is 4.94. The fourth-order valence-corrected chi connectivity index (χ4v) is 2.04. The molecule has 16 heavy (non-hydrogen) atoms. The van der Waals surface area contributed by atoms with E-state index < -0.39 is 0 Å². The zero-order chi connectivity index (χ0) is 11.8. The van der Waals surface area contributed by atoms with Crippen LogP contribution >= 0.6 is 0 Å². The van der Waals surface area contributed by atoms with Gasteiger partial charge in [-0.15, -0.1) is 0 Å². The van der Waals surface area contributed by atoms with Crippen molar-refractivity contribution in [2.24, 2.45) is 5.92 Å². The molecule has 1 heterocycles. The Hall–Kier alpha value is -0.610. The normalized spacial score (nSPS) is 25.4. The lowest BCUT2D eigenvalue weighted by molar-refractivity contribution is -0.126. The van der Waals surface area contributed by atoms with Crippen LogP contribution in [-0.2, 0) is 9.53 Å².